The summed E-state index contributed by atoms with van der Waals surface area (Å²) < 4.78 is 26.5. The highest BCUT2D eigenvalue weighted by molar-refractivity contribution is 6.21. The molecule has 3 rings (SSSR count). The molecule has 0 saturated carbocycles. The molecule has 0 unspecified atom stereocenters. The van der Waals surface area contributed by atoms with E-state index in [1.165, 1.54) is 31.3 Å². The molecule has 0 N–H and O–H groups in total. The van der Waals surface area contributed by atoms with E-state index in [2.05, 4.69) is 15.1 Å². The zero-order valence-electron chi connectivity index (χ0n) is 11.6. The molecule has 1 aliphatic heterocycles. The van der Waals surface area contributed by atoms with Gasteiger partial charge >= 0.3 is 5.97 Å². The molecule has 118 valence electrons. The SMILES string of the molecule is Cn1nnc(C(=O)ON2C(=O)c3ccccc3C2=O)c1C(F)F. The molecular formula is C13H8F2N4O4. The fourth-order valence-corrected chi connectivity index (χ4v) is 2.13. The highest BCUT2D eigenvalue weighted by Gasteiger charge is 2.40. The van der Waals surface area contributed by atoms with Crippen LogP contribution in [-0.4, -0.2) is 37.8 Å². The summed E-state index contributed by atoms with van der Waals surface area (Å²) in [6.45, 7) is 0. The molecule has 0 atom stereocenters. The second-order valence-electron chi connectivity index (χ2n) is 4.58. The van der Waals surface area contributed by atoms with Crippen molar-refractivity contribution < 1.29 is 28.0 Å². The molecule has 1 aliphatic rings. The van der Waals surface area contributed by atoms with Crippen molar-refractivity contribution in [3.05, 3.63) is 46.8 Å². The molecular weight excluding hydrogens is 314 g/mol. The summed E-state index contributed by atoms with van der Waals surface area (Å²) in [7, 11) is 1.17. The average molecular weight is 322 g/mol. The summed E-state index contributed by atoms with van der Waals surface area (Å²) in [4.78, 5) is 40.7. The van der Waals surface area contributed by atoms with Crippen LogP contribution >= 0.6 is 0 Å². The standard InChI is InChI=1S/C13H8F2N4O4/c1-18-9(10(14)15)8(16-17-18)13(22)23-19-11(20)6-4-2-3-5-7(6)12(19)21/h2-5,10H,1H3. The number of rotatable bonds is 3. The number of amides is 2. The number of aryl methyl sites for hydroxylation is 1. The zero-order valence-corrected chi connectivity index (χ0v) is 11.6. The van der Waals surface area contributed by atoms with Gasteiger partial charge in [-0.2, -0.15) is 0 Å². The summed E-state index contributed by atoms with van der Waals surface area (Å²) in [6, 6.07) is 5.84. The average Bonchev–Trinajstić information content (AvgIpc) is 3.02. The van der Waals surface area contributed by atoms with Crippen LogP contribution in [0.15, 0.2) is 24.3 Å². The quantitative estimate of drug-likeness (QED) is 0.786. The van der Waals surface area contributed by atoms with Crippen molar-refractivity contribution >= 4 is 17.8 Å². The predicted octanol–water partition coefficient (Wildman–Crippen LogP) is 1.12. The summed E-state index contributed by atoms with van der Waals surface area (Å²) in [6.07, 6.45) is -3.03. The fourth-order valence-electron chi connectivity index (χ4n) is 2.13. The molecule has 2 aromatic rings. The first kappa shape index (κ1) is 14.8. The molecule has 0 saturated heterocycles. The van der Waals surface area contributed by atoms with E-state index in [0.717, 1.165) is 0 Å². The van der Waals surface area contributed by atoms with Crippen LogP contribution in [0.2, 0.25) is 0 Å². The van der Waals surface area contributed by atoms with Crippen LogP contribution in [0.1, 0.15) is 43.3 Å². The minimum atomic E-state index is -3.03. The Balaban J connectivity index is 1.88. The van der Waals surface area contributed by atoms with Gasteiger partial charge in [0.1, 0.15) is 5.69 Å². The van der Waals surface area contributed by atoms with E-state index in [-0.39, 0.29) is 16.2 Å². The topological polar surface area (TPSA) is 94.4 Å². The molecule has 23 heavy (non-hydrogen) atoms. The monoisotopic (exact) mass is 322 g/mol. The van der Waals surface area contributed by atoms with Gasteiger partial charge in [-0.3, -0.25) is 9.59 Å². The summed E-state index contributed by atoms with van der Waals surface area (Å²) in [5, 5.41) is 6.81. The van der Waals surface area contributed by atoms with Crippen LogP contribution in [0.3, 0.4) is 0 Å². The smallest absolute Gasteiger partial charge is 0.322 e. The summed E-state index contributed by atoms with van der Waals surface area (Å²) in [5.41, 5.74) is -1.43. The maximum atomic E-state index is 12.9. The second kappa shape index (κ2) is 5.23. The van der Waals surface area contributed by atoms with E-state index in [9.17, 15) is 23.2 Å². The third kappa shape index (κ3) is 2.24. The normalized spacial score (nSPS) is 13.7. The Morgan fingerprint density at radius 1 is 1.17 bits per heavy atom. The molecule has 0 bridgehead atoms. The Hall–Kier alpha value is -3.17. The lowest BCUT2D eigenvalue weighted by Gasteiger charge is -2.12. The number of benzene rings is 1. The Morgan fingerprint density at radius 3 is 2.26 bits per heavy atom. The lowest BCUT2D eigenvalue weighted by Crippen LogP contribution is -2.33. The number of hydrogen-bond acceptors (Lipinski definition) is 6. The Bertz CT molecular complexity index is 798. The van der Waals surface area contributed by atoms with Gasteiger partial charge in [-0.1, -0.05) is 22.4 Å². The van der Waals surface area contributed by atoms with Crippen LogP contribution < -0.4 is 0 Å². The second-order valence-corrected chi connectivity index (χ2v) is 4.58. The third-order valence-electron chi connectivity index (χ3n) is 3.20. The molecule has 0 spiro atoms. The first-order chi connectivity index (χ1) is 10.9. The van der Waals surface area contributed by atoms with Crippen molar-refractivity contribution in [1.29, 1.82) is 0 Å². The zero-order chi connectivity index (χ0) is 16.7. The Labute approximate surface area is 127 Å². The number of hydrogen-bond donors (Lipinski definition) is 0. The molecule has 0 aliphatic carbocycles. The number of carbonyl (C=O) groups is 3. The largest absolute Gasteiger partial charge is 0.386 e. The molecule has 10 heteroatoms. The number of imide groups is 1. The molecule has 1 aromatic heterocycles. The maximum Gasteiger partial charge on any atom is 0.386 e. The molecule has 8 nitrogen and oxygen atoms in total. The van der Waals surface area contributed by atoms with Crippen LogP contribution in [0.5, 0.6) is 0 Å². The van der Waals surface area contributed by atoms with E-state index >= 15 is 0 Å². The number of carbonyl (C=O) groups excluding carboxylic acids is 3. The van der Waals surface area contributed by atoms with Gasteiger partial charge in [0.25, 0.3) is 18.2 Å². The highest BCUT2D eigenvalue weighted by Crippen LogP contribution is 2.25. The Morgan fingerprint density at radius 2 is 1.74 bits per heavy atom. The number of halogens is 2. The van der Waals surface area contributed by atoms with Gasteiger partial charge in [-0.25, -0.2) is 18.3 Å². The van der Waals surface area contributed by atoms with E-state index in [0.29, 0.717) is 4.68 Å². The van der Waals surface area contributed by atoms with Crippen LogP contribution in [0, 0.1) is 0 Å². The number of aromatic nitrogens is 3. The van der Waals surface area contributed by atoms with Crippen molar-refractivity contribution in [3.8, 4) is 0 Å². The minimum absolute atomic E-state index is 0.0542. The van der Waals surface area contributed by atoms with Gasteiger partial charge in [-0.15, -0.1) is 5.10 Å². The van der Waals surface area contributed by atoms with Gasteiger partial charge in [0, 0.05) is 7.05 Å². The number of nitrogens with zero attached hydrogens (tertiary/aromatic N) is 4. The first-order valence-electron chi connectivity index (χ1n) is 6.29. The number of alkyl halides is 2. The van der Waals surface area contributed by atoms with Crippen molar-refractivity contribution in [1.82, 2.24) is 20.1 Å². The summed E-state index contributed by atoms with van der Waals surface area (Å²) in [5.74, 6) is -3.09. The van der Waals surface area contributed by atoms with Crippen LogP contribution in [0.4, 0.5) is 8.78 Å². The van der Waals surface area contributed by atoms with Crippen molar-refractivity contribution in [2.45, 2.75) is 6.43 Å². The van der Waals surface area contributed by atoms with Crippen molar-refractivity contribution in [2.75, 3.05) is 0 Å². The van der Waals surface area contributed by atoms with Gasteiger partial charge in [-0.05, 0) is 12.1 Å². The van der Waals surface area contributed by atoms with E-state index < -0.39 is 35.6 Å². The summed E-state index contributed by atoms with van der Waals surface area (Å²) >= 11 is 0. The van der Waals surface area contributed by atoms with Crippen molar-refractivity contribution in [2.24, 2.45) is 7.05 Å². The van der Waals surface area contributed by atoms with E-state index in [1.54, 1.807) is 0 Å². The van der Waals surface area contributed by atoms with Crippen LogP contribution in [0.25, 0.3) is 0 Å². The third-order valence-corrected chi connectivity index (χ3v) is 3.20. The van der Waals surface area contributed by atoms with Gasteiger partial charge < -0.3 is 4.84 Å². The molecule has 0 radical (unpaired) electrons. The van der Waals surface area contributed by atoms with E-state index in [1.807, 2.05) is 0 Å². The van der Waals surface area contributed by atoms with Crippen LogP contribution in [-0.2, 0) is 11.9 Å². The van der Waals surface area contributed by atoms with Crippen molar-refractivity contribution in [3.63, 3.8) is 0 Å². The lowest BCUT2D eigenvalue weighted by molar-refractivity contribution is -0.0591. The fraction of sp³-hybridized carbons (Fsp3) is 0.154. The Kier molecular flexibility index (Phi) is 3.36. The predicted molar refractivity (Wildman–Crippen MR) is 68.3 cm³/mol. The minimum Gasteiger partial charge on any atom is -0.322 e. The van der Waals surface area contributed by atoms with Gasteiger partial charge in [0.05, 0.1) is 11.1 Å². The molecule has 1 aromatic carbocycles. The maximum absolute atomic E-state index is 12.9. The number of hydroxylamine groups is 2. The highest BCUT2D eigenvalue weighted by atomic mass is 19.3. The van der Waals surface area contributed by atoms with Gasteiger partial charge in [0.2, 0.25) is 5.69 Å². The number of fused-ring (bicyclic) bond motifs is 1. The lowest BCUT2D eigenvalue weighted by atomic mass is 10.1. The van der Waals surface area contributed by atoms with Gasteiger partial charge in [0.15, 0.2) is 0 Å². The molecule has 2 amide bonds. The molecule has 0 fully saturated rings. The first-order valence-corrected chi connectivity index (χ1v) is 6.29. The van der Waals surface area contributed by atoms with E-state index in [4.69, 9.17) is 0 Å². The molecule has 2 heterocycles.